The van der Waals surface area contributed by atoms with Crippen LogP contribution in [0.2, 0.25) is 0 Å². The van der Waals surface area contributed by atoms with E-state index in [4.69, 9.17) is 0 Å². The van der Waals surface area contributed by atoms with Gasteiger partial charge in [-0.3, -0.25) is 9.59 Å². The number of carbonyl (C=O) groups is 2. The first-order chi connectivity index (χ1) is 10.5. The summed E-state index contributed by atoms with van der Waals surface area (Å²) in [7, 11) is 0. The van der Waals surface area contributed by atoms with E-state index >= 15 is 0 Å². The number of rotatable bonds is 7. The Hall–Kier alpha value is -1.06. The van der Waals surface area contributed by atoms with Crippen molar-refractivity contribution in [3.63, 3.8) is 0 Å². The Balaban J connectivity index is 1.36. The van der Waals surface area contributed by atoms with Crippen LogP contribution in [0.5, 0.6) is 0 Å². The molecule has 0 aromatic rings. The molecule has 4 bridgehead atoms. The first kappa shape index (κ1) is 15.8. The summed E-state index contributed by atoms with van der Waals surface area (Å²) in [5.41, 5.74) is 0.155. The maximum atomic E-state index is 12.3. The van der Waals surface area contributed by atoms with Gasteiger partial charge in [-0.2, -0.15) is 0 Å². The van der Waals surface area contributed by atoms with Crippen LogP contribution in [0, 0.1) is 17.8 Å². The maximum Gasteiger partial charge on any atom is 0.220 e. The minimum absolute atomic E-state index is 0.0274. The number of carbonyl (C=O) groups excluding carboxylic acids is 2. The SMILES string of the molecule is CC(=O)NCCCCCC(=O)NC12CC3CC(CC(C3)C1)C2. The number of amides is 2. The predicted octanol–water partition coefficient (Wildman–Crippen LogP) is 2.77. The van der Waals surface area contributed by atoms with Crippen LogP contribution in [0.1, 0.15) is 71.1 Å². The molecule has 0 unspecified atom stereocenters. The second-order valence-electron chi connectivity index (χ2n) is 8.04. The summed E-state index contributed by atoms with van der Waals surface area (Å²) in [6.07, 6.45) is 11.5. The normalized spacial score (nSPS) is 35.4. The summed E-state index contributed by atoms with van der Waals surface area (Å²) in [6.45, 7) is 2.27. The maximum absolute atomic E-state index is 12.3. The first-order valence-corrected chi connectivity index (χ1v) is 9.10. The second-order valence-corrected chi connectivity index (χ2v) is 8.04. The molecule has 4 saturated carbocycles. The molecule has 4 aliphatic rings. The Morgan fingerprint density at radius 1 is 0.955 bits per heavy atom. The molecule has 4 heteroatoms. The molecule has 4 nitrogen and oxygen atoms in total. The lowest BCUT2D eigenvalue weighted by molar-refractivity contribution is -0.127. The van der Waals surface area contributed by atoms with E-state index < -0.39 is 0 Å². The fourth-order valence-corrected chi connectivity index (χ4v) is 5.47. The molecule has 0 atom stereocenters. The molecular formula is C18H30N2O2. The van der Waals surface area contributed by atoms with E-state index in [1.165, 1.54) is 38.5 Å². The van der Waals surface area contributed by atoms with Gasteiger partial charge in [-0.1, -0.05) is 6.42 Å². The Kier molecular flexibility index (Phi) is 4.74. The molecule has 4 fully saturated rings. The van der Waals surface area contributed by atoms with Crippen LogP contribution in [0.3, 0.4) is 0 Å². The van der Waals surface area contributed by atoms with E-state index in [0.717, 1.165) is 43.6 Å². The molecule has 0 heterocycles. The average molecular weight is 306 g/mol. The molecule has 2 N–H and O–H groups in total. The van der Waals surface area contributed by atoms with Crippen molar-refractivity contribution in [2.75, 3.05) is 6.54 Å². The van der Waals surface area contributed by atoms with Gasteiger partial charge in [0, 0.05) is 25.4 Å². The quantitative estimate of drug-likeness (QED) is 0.711. The summed E-state index contributed by atoms with van der Waals surface area (Å²) in [6, 6.07) is 0. The predicted molar refractivity (Wildman–Crippen MR) is 86.2 cm³/mol. The molecule has 0 aromatic heterocycles. The fourth-order valence-electron chi connectivity index (χ4n) is 5.47. The average Bonchev–Trinajstić information content (AvgIpc) is 2.40. The zero-order valence-corrected chi connectivity index (χ0v) is 13.8. The van der Waals surface area contributed by atoms with E-state index in [-0.39, 0.29) is 17.4 Å². The van der Waals surface area contributed by atoms with E-state index in [0.29, 0.717) is 6.42 Å². The third kappa shape index (κ3) is 3.82. The third-order valence-corrected chi connectivity index (χ3v) is 5.90. The standard InChI is InChI=1S/C18H30N2O2/c1-13(21)19-6-4-2-3-5-17(22)20-18-10-14-7-15(11-18)9-16(8-14)12-18/h14-16H,2-12H2,1H3,(H,19,21)(H,20,22). The van der Waals surface area contributed by atoms with Crippen molar-refractivity contribution in [2.45, 2.75) is 76.7 Å². The monoisotopic (exact) mass is 306 g/mol. The lowest BCUT2D eigenvalue weighted by atomic mass is 9.53. The van der Waals surface area contributed by atoms with Crippen LogP contribution in [0.15, 0.2) is 0 Å². The van der Waals surface area contributed by atoms with Gasteiger partial charge in [0.05, 0.1) is 0 Å². The Bertz CT molecular complexity index is 398. The van der Waals surface area contributed by atoms with Gasteiger partial charge in [0.15, 0.2) is 0 Å². The summed E-state index contributed by atoms with van der Waals surface area (Å²) in [5.74, 6) is 2.92. The molecular weight excluding hydrogens is 276 g/mol. The van der Waals surface area contributed by atoms with Crippen LogP contribution < -0.4 is 10.6 Å². The Labute approximate surface area is 133 Å². The largest absolute Gasteiger partial charge is 0.356 e. The highest BCUT2D eigenvalue weighted by atomic mass is 16.2. The molecule has 0 radical (unpaired) electrons. The summed E-state index contributed by atoms with van der Waals surface area (Å²) >= 11 is 0. The van der Waals surface area contributed by atoms with Gasteiger partial charge in [0.25, 0.3) is 0 Å². The molecule has 4 aliphatic carbocycles. The number of nitrogens with one attached hydrogen (secondary N) is 2. The topological polar surface area (TPSA) is 58.2 Å². The highest BCUT2D eigenvalue weighted by molar-refractivity contribution is 5.76. The first-order valence-electron chi connectivity index (χ1n) is 9.10. The molecule has 0 aromatic carbocycles. The van der Waals surface area contributed by atoms with Crippen LogP contribution in [0.4, 0.5) is 0 Å². The molecule has 0 spiro atoms. The van der Waals surface area contributed by atoms with E-state index in [1.54, 1.807) is 6.92 Å². The molecule has 0 saturated heterocycles. The van der Waals surface area contributed by atoms with E-state index in [9.17, 15) is 9.59 Å². The molecule has 22 heavy (non-hydrogen) atoms. The minimum atomic E-state index is 0.0274. The Morgan fingerprint density at radius 3 is 2.09 bits per heavy atom. The van der Waals surface area contributed by atoms with Crippen molar-refractivity contribution in [3.8, 4) is 0 Å². The van der Waals surface area contributed by atoms with Crippen molar-refractivity contribution >= 4 is 11.8 Å². The lowest BCUT2D eigenvalue weighted by Crippen LogP contribution is -2.59. The van der Waals surface area contributed by atoms with Gasteiger partial charge in [-0.25, -0.2) is 0 Å². The van der Waals surface area contributed by atoms with Crippen LogP contribution in [0.25, 0.3) is 0 Å². The van der Waals surface area contributed by atoms with Gasteiger partial charge < -0.3 is 10.6 Å². The van der Waals surface area contributed by atoms with Crippen molar-refractivity contribution in [2.24, 2.45) is 17.8 Å². The van der Waals surface area contributed by atoms with E-state index in [2.05, 4.69) is 10.6 Å². The van der Waals surface area contributed by atoms with Crippen molar-refractivity contribution in [3.05, 3.63) is 0 Å². The van der Waals surface area contributed by atoms with Gasteiger partial charge in [-0.15, -0.1) is 0 Å². The van der Waals surface area contributed by atoms with Crippen LogP contribution >= 0.6 is 0 Å². The lowest BCUT2D eigenvalue weighted by Gasteiger charge is -2.56. The molecule has 124 valence electrons. The minimum Gasteiger partial charge on any atom is -0.356 e. The van der Waals surface area contributed by atoms with Crippen LogP contribution in [-0.4, -0.2) is 23.9 Å². The second kappa shape index (κ2) is 6.59. The van der Waals surface area contributed by atoms with Crippen LogP contribution in [-0.2, 0) is 9.59 Å². The highest BCUT2D eigenvalue weighted by Crippen LogP contribution is 2.55. The fraction of sp³-hybridized carbons (Fsp3) is 0.889. The highest BCUT2D eigenvalue weighted by Gasteiger charge is 2.51. The third-order valence-electron chi connectivity index (χ3n) is 5.90. The summed E-state index contributed by atoms with van der Waals surface area (Å²) in [5, 5.41) is 6.22. The molecule has 2 amide bonds. The summed E-state index contributed by atoms with van der Waals surface area (Å²) in [4.78, 5) is 23.0. The zero-order valence-electron chi connectivity index (χ0n) is 13.8. The van der Waals surface area contributed by atoms with Gasteiger partial charge >= 0.3 is 0 Å². The van der Waals surface area contributed by atoms with Crippen molar-refractivity contribution in [1.82, 2.24) is 10.6 Å². The Morgan fingerprint density at radius 2 is 1.55 bits per heavy atom. The summed E-state index contributed by atoms with van der Waals surface area (Å²) < 4.78 is 0. The van der Waals surface area contributed by atoms with Gasteiger partial charge in [0.1, 0.15) is 0 Å². The van der Waals surface area contributed by atoms with Gasteiger partial charge in [0.2, 0.25) is 11.8 Å². The molecule has 4 rings (SSSR count). The smallest absolute Gasteiger partial charge is 0.220 e. The van der Waals surface area contributed by atoms with Crippen molar-refractivity contribution in [1.29, 1.82) is 0 Å². The number of unbranched alkanes of at least 4 members (excludes halogenated alkanes) is 2. The van der Waals surface area contributed by atoms with Crippen molar-refractivity contribution < 1.29 is 9.59 Å². The number of hydrogen-bond donors (Lipinski definition) is 2. The zero-order chi connectivity index (χ0) is 15.6. The van der Waals surface area contributed by atoms with E-state index in [1.807, 2.05) is 0 Å². The van der Waals surface area contributed by atoms with Gasteiger partial charge in [-0.05, 0) is 69.1 Å². The molecule has 0 aliphatic heterocycles. The number of hydrogen-bond acceptors (Lipinski definition) is 2.